The smallest absolute Gasteiger partial charge is 0.151 e. The van der Waals surface area contributed by atoms with Crippen LogP contribution in [0.2, 0.25) is 0 Å². The van der Waals surface area contributed by atoms with E-state index in [-0.39, 0.29) is 10.8 Å². The molecule has 0 heterocycles. The fraction of sp³-hybridized carbons (Fsp3) is 0.941. The highest BCUT2D eigenvalue weighted by Gasteiger charge is 2.20. The number of carbonyl (C=O) groups is 1. The lowest BCUT2D eigenvalue weighted by Gasteiger charge is -2.25. The maximum absolute atomic E-state index is 10.5. The summed E-state index contributed by atoms with van der Waals surface area (Å²) >= 11 is 0. The summed E-state index contributed by atoms with van der Waals surface area (Å²) in [6.07, 6.45) is 9.12. The van der Waals surface area contributed by atoms with Crippen LogP contribution in [0.1, 0.15) is 85.5 Å². The zero-order chi connectivity index (χ0) is 15.6. The van der Waals surface area contributed by atoms with E-state index >= 15 is 0 Å². The summed E-state index contributed by atoms with van der Waals surface area (Å²) < 4.78 is 0. The van der Waals surface area contributed by atoms with E-state index in [1.807, 2.05) is 0 Å². The molecular formula is C17H34O3. The number of carbonyl (C=O) groups excluding carboxylic acids is 1. The second kappa shape index (κ2) is 9.51. The second-order valence-electron chi connectivity index (χ2n) is 7.65. The molecule has 0 aromatic heterocycles. The maximum Gasteiger partial charge on any atom is 0.151 e. The molecule has 20 heavy (non-hydrogen) atoms. The molecule has 0 bridgehead atoms. The predicted octanol–water partition coefficient (Wildman–Crippen LogP) is 4.06. The molecule has 0 unspecified atom stereocenters. The van der Waals surface area contributed by atoms with Gasteiger partial charge in [-0.2, -0.15) is 0 Å². The maximum atomic E-state index is 10.5. The minimum absolute atomic E-state index is 0.0140. The molecule has 0 saturated carbocycles. The largest absolute Gasteiger partial charge is 0.368 e. The van der Waals surface area contributed by atoms with E-state index in [2.05, 4.69) is 27.7 Å². The average molecular weight is 286 g/mol. The topological polar surface area (TPSA) is 57.5 Å². The van der Waals surface area contributed by atoms with Crippen LogP contribution in [0.15, 0.2) is 0 Å². The molecule has 0 saturated heterocycles. The molecule has 0 atom stereocenters. The van der Waals surface area contributed by atoms with Gasteiger partial charge in [0.25, 0.3) is 0 Å². The van der Waals surface area contributed by atoms with Gasteiger partial charge in [-0.3, -0.25) is 0 Å². The normalized spacial score (nSPS) is 12.9. The highest BCUT2D eigenvalue weighted by molar-refractivity contribution is 5.50. The van der Waals surface area contributed by atoms with Crippen molar-refractivity contribution in [2.45, 2.75) is 91.8 Å². The molecule has 3 nitrogen and oxygen atoms in total. The summed E-state index contributed by atoms with van der Waals surface area (Å²) in [6.45, 7) is 8.50. The molecule has 0 spiro atoms. The number of hydrogen-bond donors (Lipinski definition) is 2. The molecule has 0 radical (unpaired) electrons. The van der Waals surface area contributed by atoms with Crippen LogP contribution >= 0.6 is 0 Å². The van der Waals surface area contributed by atoms with Crippen molar-refractivity contribution in [1.29, 1.82) is 0 Å². The molecule has 0 fully saturated rings. The standard InChI is InChI=1S/C17H34O3/c1-16(2,12-13-18)10-8-6-5-7-9-11-17(3,4)14-15(19)20/h13,15,19-20H,5-12,14H2,1-4H3. The van der Waals surface area contributed by atoms with Gasteiger partial charge in [-0.25, -0.2) is 0 Å². The molecule has 0 aromatic carbocycles. The van der Waals surface area contributed by atoms with Crippen LogP contribution in [0.3, 0.4) is 0 Å². The Kier molecular flexibility index (Phi) is 9.32. The van der Waals surface area contributed by atoms with Crippen molar-refractivity contribution in [3.63, 3.8) is 0 Å². The third-order valence-corrected chi connectivity index (χ3v) is 4.08. The first-order valence-electron chi connectivity index (χ1n) is 7.98. The number of aliphatic hydroxyl groups is 2. The lowest BCUT2D eigenvalue weighted by molar-refractivity contribution is -0.109. The van der Waals surface area contributed by atoms with Gasteiger partial charge in [0.05, 0.1) is 0 Å². The van der Waals surface area contributed by atoms with Gasteiger partial charge in [-0.15, -0.1) is 0 Å². The van der Waals surface area contributed by atoms with Gasteiger partial charge in [0.15, 0.2) is 6.29 Å². The van der Waals surface area contributed by atoms with Crippen molar-refractivity contribution in [2.24, 2.45) is 10.8 Å². The molecule has 0 rings (SSSR count). The molecule has 0 aromatic rings. The van der Waals surface area contributed by atoms with Crippen LogP contribution < -0.4 is 0 Å². The number of unbranched alkanes of at least 4 members (excludes halogenated alkanes) is 4. The lowest BCUT2D eigenvalue weighted by atomic mass is 9.82. The van der Waals surface area contributed by atoms with Crippen molar-refractivity contribution in [1.82, 2.24) is 0 Å². The summed E-state index contributed by atoms with van der Waals surface area (Å²) in [5, 5.41) is 18.0. The van der Waals surface area contributed by atoms with Gasteiger partial charge in [0, 0.05) is 12.8 Å². The van der Waals surface area contributed by atoms with Crippen molar-refractivity contribution in [3.8, 4) is 0 Å². The molecule has 0 aliphatic carbocycles. The molecule has 3 heteroatoms. The first-order valence-corrected chi connectivity index (χ1v) is 7.98. The Morgan fingerprint density at radius 2 is 1.30 bits per heavy atom. The van der Waals surface area contributed by atoms with Gasteiger partial charge < -0.3 is 15.0 Å². The number of aliphatic hydroxyl groups excluding tert-OH is 1. The van der Waals surface area contributed by atoms with E-state index < -0.39 is 6.29 Å². The monoisotopic (exact) mass is 286 g/mol. The van der Waals surface area contributed by atoms with Crippen molar-refractivity contribution in [2.75, 3.05) is 0 Å². The van der Waals surface area contributed by atoms with Crippen molar-refractivity contribution < 1.29 is 15.0 Å². The Morgan fingerprint density at radius 1 is 0.850 bits per heavy atom. The number of hydrogen-bond acceptors (Lipinski definition) is 3. The van der Waals surface area contributed by atoms with E-state index in [0.717, 1.165) is 25.5 Å². The first-order chi connectivity index (χ1) is 9.18. The summed E-state index contributed by atoms with van der Waals surface area (Å²) in [5.41, 5.74) is 0.168. The fourth-order valence-electron chi connectivity index (χ4n) is 2.66. The lowest BCUT2D eigenvalue weighted by Crippen LogP contribution is -2.20. The van der Waals surface area contributed by atoms with E-state index in [1.54, 1.807) is 0 Å². The van der Waals surface area contributed by atoms with Crippen molar-refractivity contribution in [3.05, 3.63) is 0 Å². The highest BCUT2D eigenvalue weighted by Crippen LogP contribution is 2.30. The predicted molar refractivity (Wildman–Crippen MR) is 83.4 cm³/mol. The highest BCUT2D eigenvalue weighted by atomic mass is 16.5. The summed E-state index contributed by atoms with van der Waals surface area (Å²) in [4.78, 5) is 10.5. The summed E-state index contributed by atoms with van der Waals surface area (Å²) in [5.74, 6) is 0. The minimum Gasteiger partial charge on any atom is -0.368 e. The molecule has 0 aliphatic rings. The molecule has 120 valence electrons. The van der Waals surface area contributed by atoms with E-state index in [9.17, 15) is 4.79 Å². The Bertz CT molecular complexity index is 257. The Hall–Kier alpha value is -0.410. The summed E-state index contributed by atoms with van der Waals surface area (Å²) in [7, 11) is 0. The van der Waals surface area contributed by atoms with Crippen LogP contribution in [-0.2, 0) is 4.79 Å². The number of rotatable bonds is 12. The van der Waals surface area contributed by atoms with Gasteiger partial charge in [-0.05, 0) is 23.7 Å². The van der Waals surface area contributed by atoms with Gasteiger partial charge >= 0.3 is 0 Å². The third kappa shape index (κ3) is 11.4. The first kappa shape index (κ1) is 19.6. The van der Waals surface area contributed by atoms with E-state index in [0.29, 0.717) is 12.8 Å². The van der Waals surface area contributed by atoms with Crippen molar-refractivity contribution >= 4 is 6.29 Å². The molecular weight excluding hydrogens is 252 g/mol. The fourth-order valence-corrected chi connectivity index (χ4v) is 2.66. The third-order valence-electron chi connectivity index (χ3n) is 4.08. The minimum atomic E-state index is -1.19. The van der Waals surface area contributed by atoms with Crippen LogP contribution in [0.4, 0.5) is 0 Å². The number of aldehydes is 1. The summed E-state index contributed by atoms with van der Waals surface area (Å²) in [6, 6.07) is 0. The zero-order valence-electron chi connectivity index (χ0n) is 13.8. The van der Waals surface area contributed by atoms with Gasteiger partial charge in [-0.1, -0.05) is 59.8 Å². The zero-order valence-corrected chi connectivity index (χ0v) is 13.8. The Balaban J connectivity index is 3.56. The van der Waals surface area contributed by atoms with Crippen LogP contribution in [0.25, 0.3) is 0 Å². The van der Waals surface area contributed by atoms with E-state index in [4.69, 9.17) is 10.2 Å². The second-order valence-corrected chi connectivity index (χ2v) is 7.65. The quantitative estimate of drug-likeness (QED) is 0.323. The Morgan fingerprint density at radius 3 is 1.75 bits per heavy atom. The van der Waals surface area contributed by atoms with Crippen LogP contribution in [0, 0.1) is 10.8 Å². The van der Waals surface area contributed by atoms with Crippen LogP contribution in [0.5, 0.6) is 0 Å². The molecule has 0 amide bonds. The average Bonchev–Trinajstić information content (AvgIpc) is 2.25. The SMILES string of the molecule is CC(C)(CC=O)CCCCCCCC(C)(C)CC(O)O. The Labute approximate surface area is 124 Å². The molecule has 2 N–H and O–H groups in total. The van der Waals surface area contributed by atoms with E-state index in [1.165, 1.54) is 25.7 Å². The van der Waals surface area contributed by atoms with Crippen LogP contribution in [-0.4, -0.2) is 22.8 Å². The van der Waals surface area contributed by atoms with Gasteiger partial charge in [0.2, 0.25) is 0 Å². The van der Waals surface area contributed by atoms with Gasteiger partial charge in [0.1, 0.15) is 6.29 Å². The molecule has 0 aliphatic heterocycles.